The van der Waals surface area contributed by atoms with E-state index in [0.29, 0.717) is 17.9 Å². The van der Waals surface area contributed by atoms with E-state index in [0.717, 1.165) is 30.9 Å². The van der Waals surface area contributed by atoms with Gasteiger partial charge in [-0.1, -0.05) is 51.7 Å². The highest BCUT2D eigenvalue weighted by Gasteiger charge is 2.12. The Bertz CT molecular complexity index is 682. The molecule has 0 saturated heterocycles. The molecule has 4 nitrogen and oxygen atoms in total. The maximum Gasteiger partial charge on any atom is 0.259 e. The number of para-hydroxylation sites is 1. The monoisotopic (exact) mass is 369 g/mol. The predicted molar refractivity (Wildman–Crippen MR) is 111 cm³/mol. The topological polar surface area (TPSA) is 47.6 Å². The van der Waals surface area contributed by atoms with E-state index < -0.39 is 0 Å². The number of ether oxygens (including phenoxy) is 2. The summed E-state index contributed by atoms with van der Waals surface area (Å²) in [6.07, 6.45) is 7.00. The second-order valence-corrected chi connectivity index (χ2v) is 6.59. The summed E-state index contributed by atoms with van der Waals surface area (Å²) < 4.78 is 11.4. The summed E-state index contributed by atoms with van der Waals surface area (Å²) in [4.78, 5) is 12.6. The van der Waals surface area contributed by atoms with Crippen molar-refractivity contribution in [1.82, 2.24) is 0 Å². The minimum Gasteiger partial charge on any atom is -0.494 e. The summed E-state index contributed by atoms with van der Waals surface area (Å²) in [7, 11) is 0. The second-order valence-electron chi connectivity index (χ2n) is 6.59. The van der Waals surface area contributed by atoms with E-state index in [1.165, 1.54) is 25.7 Å². The first-order valence-corrected chi connectivity index (χ1v) is 10.0. The second kappa shape index (κ2) is 12.0. The molecule has 0 saturated carbocycles. The first kappa shape index (κ1) is 20.8. The molecular weight excluding hydrogens is 338 g/mol. The van der Waals surface area contributed by atoms with E-state index in [1.54, 1.807) is 6.07 Å². The van der Waals surface area contributed by atoms with Crippen LogP contribution >= 0.6 is 0 Å². The van der Waals surface area contributed by atoms with Gasteiger partial charge in [0.1, 0.15) is 11.5 Å². The van der Waals surface area contributed by atoms with Gasteiger partial charge in [-0.3, -0.25) is 4.79 Å². The average Bonchev–Trinajstić information content (AvgIpc) is 2.70. The summed E-state index contributed by atoms with van der Waals surface area (Å²) in [5.41, 5.74) is 1.28. The highest BCUT2D eigenvalue weighted by molar-refractivity contribution is 6.06. The van der Waals surface area contributed by atoms with E-state index in [9.17, 15) is 4.79 Å². The van der Waals surface area contributed by atoms with Crippen molar-refractivity contribution in [1.29, 1.82) is 0 Å². The molecule has 0 aromatic heterocycles. The summed E-state index contributed by atoms with van der Waals surface area (Å²) in [5, 5.41) is 2.92. The molecule has 4 heteroatoms. The van der Waals surface area contributed by atoms with E-state index in [2.05, 4.69) is 12.2 Å². The van der Waals surface area contributed by atoms with Gasteiger partial charge in [-0.15, -0.1) is 0 Å². The normalized spacial score (nSPS) is 10.4. The third kappa shape index (κ3) is 7.33. The Morgan fingerprint density at radius 3 is 2.30 bits per heavy atom. The van der Waals surface area contributed by atoms with Crippen LogP contribution in [0, 0.1) is 0 Å². The Hall–Kier alpha value is -2.49. The van der Waals surface area contributed by atoms with Crippen LogP contribution in [0.3, 0.4) is 0 Å². The van der Waals surface area contributed by atoms with Crippen LogP contribution in [0.1, 0.15) is 62.7 Å². The molecule has 0 aliphatic rings. The van der Waals surface area contributed by atoms with E-state index in [1.807, 2.05) is 49.4 Å². The number of carbonyl (C=O) groups is 1. The molecule has 0 unspecified atom stereocenters. The summed E-state index contributed by atoms with van der Waals surface area (Å²) in [6, 6.07) is 14.8. The zero-order chi connectivity index (χ0) is 19.3. The minimum atomic E-state index is -0.175. The zero-order valence-corrected chi connectivity index (χ0v) is 16.5. The first-order valence-electron chi connectivity index (χ1n) is 10.0. The molecule has 0 bridgehead atoms. The number of unbranched alkanes of at least 4 members (excludes halogenated alkanes) is 4. The quantitative estimate of drug-likeness (QED) is 0.461. The molecular formula is C23H31NO3. The molecule has 0 radical (unpaired) electrons. The fraction of sp³-hybridized carbons (Fsp3) is 0.435. The number of nitrogens with one attached hydrogen (secondary N) is 1. The molecule has 2 aromatic carbocycles. The molecule has 1 amide bonds. The van der Waals surface area contributed by atoms with Gasteiger partial charge in [-0.2, -0.15) is 0 Å². The molecule has 0 aliphatic carbocycles. The van der Waals surface area contributed by atoms with Gasteiger partial charge in [0.15, 0.2) is 0 Å². The van der Waals surface area contributed by atoms with Crippen LogP contribution in [-0.2, 0) is 0 Å². The van der Waals surface area contributed by atoms with Crippen LogP contribution < -0.4 is 14.8 Å². The van der Waals surface area contributed by atoms with Crippen molar-refractivity contribution in [2.45, 2.75) is 52.4 Å². The number of benzene rings is 2. The Morgan fingerprint density at radius 2 is 1.56 bits per heavy atom. The number of rotatable bonds is 12. The lowest BCUT2D eigenvalue weighted by molar-refractivity contribution is 0.102. The molecule has 0 heterocycles. The maximum atomic E-state index is 12.6. The van der Waals surface area contributed by atoms with Crippen molar-refractivity contribution in [3.8, 4) is 11.5 Å². The largest absolute Gasteiger partial charge is 0.494 e. The summed E-state index contributed by atoms with van der Waals surface area (Å²) in [6.45, 7) is 5.58. The van der Waals surface area contributed by atoms with Crippen molar-refractivity contribution in [3.05, 3.63) is 54.1 Å². The summed E-state index contributed by atoms with van der Waals surface area (Å²) >= 11 is 0. The van der Waals surface area contributed by atoms with Gasteiger partial charge in [0.2, 0.25) is 0 Å². The lowest BCUT2D eigenvalue weighted by Gasteiger charge is -2.12. The Balaban J connectivity index is 1.84. The molecule has 0 aliphatic heterocycles. The molecule has 2 rings (SSSR count). The smallest absolute Gasteiger partial charge is 0.259 e. The average molecular weight is 370 g/mol. The highest BCUT2D eigenvalue weighted by atomic mass is 16.5. The van der Waals surface area contributed by atoms with Crippen molar-refractivity contribution >= 4 is 11.6 Å². The zero-order valence-electron chi connectivity index (χ0n) is 16.5. The van der Waals surface area contributed by atoms with Crippen LogP contribution in [0.2, 0.25) is 0 Å². The van der Waals surface area contributed by atoms with Gasteiger partial charge in [-0.25, -0.2) is 0 Å². The number of anilines is 1. The van der Waals surface area contributed by atoms with Crippen molar-refractivity contribution in [3.63, 3.8) is 0 Å². The van der Waals surface area contributed by atoms with Crippen LogP contribution in [0.4, 0.5) is 5.69 Å². The highest BCUT2D eigenvalue weighted by Crippen LogP contribution is 2.21. The Labute approximate surface area is 162 Å². The number of hydrogen-bond donors (Lipinski definition) is 1. The maximum absolute atomic E-state index is 12.6. The van der Waals surface area contributed by atoms with Gasteiger partial charge in [0, 0.05) is 5.69 Å². The predicted octanol–water partition coefficient (Wildman–Crippen LogP) is 6.08. The fourth-order valence-electron chi connectivity index (χ4n) is 2.72. The lowest BCUT2D eigenvalue weighted by atomic mass is 10.1. The Kier molecular flexibility index (Phi) is 9.25. The van der Waals surface area contributed by atoms with Crippen LogP contribution in [-0.4, -0.2) is 19.1 Å². The molecule has 0 spiro atoms. The minimum absolute atomic E-state index is 0.175. The van der Waals surface area contributed by atoms with Gasteiger partial charge in [-0.05, 0) is 49.2 Å². The van der Waals surface area contributed by atoms with Gasteiger partial charge < -0.3 is 14.8 Å². The molecule has 0 fully saturated rings. The molecule has 0 atom stereocenters. The van der Waals surface area contributed by atoms with Gasteiger partial charge >= 0.3 is 0 Å². The van der Waals surface area contributed by atoms with Crippen molar-refractivity contribution in [2.75, 3.05) is 18.5 Å². The van der Waals surface area contributed by atoms with Crippen LogP contribution in [0.25, 0.3) is 0 Å². The molecule has 2 aromatic rings. The number of amides is 1. The van der Waals surface area contributed by atoms with Crippen molar-refractivity contribution < 1.29 is 14.3 Å². The van der Waals surface area contributed by atoms with Gasteiger partial charge in [0.25, 0.3) is 5.91 Å². The van der Waals surface area contributed by atoms with Crippen LogP contribution in [0.15, 0.2) is 48.5 Å². The van der Waals surface area contributed by atoms with Crippen LogP contribution in [0.5, 0.6) is 11.5 Å². The van der Waals surface area contributed by atoms with Gasteiger partial charge in [0.05, 0.1) is 18.8 Å². The molecule has 1 N–H and O–H groups in total. The van der Waals surface area contributed by atoms with E-state index in [4.69, 9.17) is 9.47 Å². The van der Waals surface area contributed by atoms with Crippen molar-refractivity contribution in [2.24, 2.45) is 0 Å². The molecule has 27 heavy (non-hydrogen) atoms. The Morgan fingerprint density at radius 1 is 0.815 bits per heavy atom. The lowest BCUT2D eigenvalue weighted by Crippen LogP contribution is -2.13. The van der Waals surface area contributed by atoms with E-state index >= 15 is 0 Å². The molecule has 146 valence electrons. The van der Waals surface area contributed by atoms with E-state index in [-0.39, 0.29) is 5.91 Å². The summed E-state index contributed by atoms with van der Waals surface area (Å²) in [5.74, 6) is 1.27. The first-order chi connectivity index (χ1) is 13.2. The number of carbonyl (C=O) groups excluding carboxylic acids is 1. The fourth-order valence-corrected chi connectivity index (χ4v) is 2.72. The third-order valence-corrected chi connectivity index (χ3v) is 4.22. The third-order valence-electron chi connectivity index (χ3n) is 4.22. The standard InChI is InChI=1S/C23H31NO3/c1-3-5-6-7-10-18-26-20-15-13-19(14-16-20)24-23(25)21-11-8-9-12-22(21)27-17-4-2/h8-9,11-16H,3-7,10,17-18H2,1-2H3,(H,24,25). The SMILES string of the molecule is CCCCCCCOc1ccc(NC(=O)c2ccccc2OCCC)cc1. The number of hydrogen-bond acceptors (Lipinski definition) is 3.